The van der Waals surface area contributed by atoms with Gasteiger partial charge in [-0.25, -0.2) is 9.78 Å². The van der Waals surface area contributed by atoms with Crippen LogP contribution in [0.2, 0.25) is 0 Å². The van der Waals surface area contributed by atoms with Gasteiger partial charge in [-0.15, -0.1) is 0 Å². The summed E-state index contributed by atoms with van der Waals surface area (Å²) < 4.78 is 4.47. The minimum absolute atomic E-state index is 0.268. The van der Waals surface area contributed by atoms with E-state index in [1.807, 2.05) is 4.57 Å². The normalized spacial score (nSPS) is 22.8. The van der Waals surface area contributed by atoms with Crippen LogP contribution in [0.4, 0.5) is 0 Å². The lowest BCUT2D eigenvalue weighted by Gasteiger charge is -2.27. The summed E-state index contributed by atoms with van der Waals surface area (Å²) >= 11 is 0. The number of fused-ring (bicyclic) bond motifs is 1. The van der Waals surface area contributed by atoms with Crippen molar-refractivity contribution < 1.29 is 4.90 Å². The summed E-state index contributed by atoms with van der Waals surface area (Å²) in [7, 11) is 3.16. The van der Waals surface area contributed by atoms with Crippen molar-refractivity contribution in [1.82, 2.24) is 18.7 Å². The summed E-state index contributed by atoms with van der Waals surface area (Å²) in [6, 6.07) is 0. The van der Waals surface area contributed by atoms with Crippen molar-refractivity contribution in [3.63, 3.8) is 0 Å². The summed E-state index contributed by atoms with van der Waals surface area (Å²) in [5.41, 5.74) is 0.380. The standard InChI is InChI=1S/C14H21N5O2/c1-10-4-6-18(7-5-10)9-19-8-15-12-11(19)13(20)17(3)14(21)16(12)2/h8,10H,4-7,9H2,1-3H3/p+1. The second kappa shape index (κ2) is 5.14. The summed E-state index contributed by atoms with van der Waals surface area (Å²) in [6.45, 7) is 5.26. The molecular weight excluding hydrogens is 270 g/mol. The third-order valence-corrected chi connectivity index (χ3v) is 4.59. The Morgan fingerprint density at radius 2 is 1.90 bits per heavy atom. The average molecular weight is 292 g/mol. The highest BCUT2D eigenvalue weighted by molar-refractivity contribution is 5.69. The Morgan fingerprint density at radius 3 is 2.57 bits per heavy atom. The number of quaternary nitrogens is 1. The largest absolute Gasteiger partial charge is 0.332 e. The molecule has 3 rings (SSSR count). The van der Waals surface area contributed by atoms with Gasteiger partial charge in [-0.2, -0.15) is 0 Å². The number of imidazole rings is 1. The van der Waals surface area contributed by atoms with Gasteiger partial charge in [0.2, 0.25) is 0 Å². The van der Waals surface area contributed by atoms with Crippen LogP contribution in [-0.4, -0.2) is 31.8 Å². The zero-order valence-corrected chi connectivity index (χ0v) is 12.8. The van der Waals surface area contributed by atoms with E-state index in [0.717, 1.165) is 30.2 Å². The first-order valence-corrected chi connectivity index (χ1v) is 7.43. The maximum atomic E-state index is 12.4. The molecule has 1 saturated heterocycles. The van der Waals surface area contributed by atoms with Gasteiger partial charge in [-0.1, -0.05) is 6.92 Å². The van der Waals surface area contributed by atoms with Gasteiger partial charge in [0.1, 0.15) is 6.33 Å². The predicted molar refractivity (Wildman–Crippen MR) is 79.3 cm³/mol. The molecule has 114 valence electrons. The van der Waals surface area contributed by atoms with E-state index >= 15 is 0 Å². The van der Waals surface area contributed by atoms with E-state index in [4.69, 9.17) is 0 Å². The van der Waals surface area contributed by atoms with Gasteiger partial charge in [0.25, 0.3) is 5.56 Å². The van der Waals surface area contributed by atoms with Crippen molar-refractivity contribution in [3.05, 3.63) is 27.2 Å². The Bertz CT molecular complexity index is 777. The molecule has 0 aliphatic carbocycles. The van der Waals surface area contributed by atoms with Gasteiger partial charge in [0.15, 0.2) is 17.8 Å². The number of hydrogen-bond acceptors (Lipinski definition) is 3. The van der Waals surface area contributed by atoms with E-state index in [2.05, 4.69) is 11.9 Å². The lowest BCUT2D eigenvalue weighted by Crippen LogP contribution is -3.12. The first-order chi connectivity index (χ1) is 9.99. The molecule has 0 spiro atoms. The van der Waals surface area contributed by atoms with Gasteiger partial charge >= 0.3 is 5.69 Å². The van der Waals surface area contributed by atoms with Crippen LogP contribution < -0.4 is 16.1 Å². The van der Waals surface area contributed by atoms with Crippen LogP contribution in [0.3, 0.4) is 0 Å². The molecule has 0 saturated carbocycles. The maximum Gasteiger partial charge on any atom is 0.332 e. The Kier molecular flexibility index (Phi) is 3.44. The van der Waals surface area contributed by atoms with Crippen LogP contribution in [0, 0.1) is 5.92 Å². The molecule has 0 amide bonds. The molecule has 7 heteroatoms. The molecule has 21 heavy (non-hydrogen) atoms. The van der Waals surface area contributed by atoms with Crippen LogP contribution in [0.1, 0.15) is 19.8 Å². The zero-order chi connectivity index (χ0) is 15.1. The monoisotopic (exact) mass is 292 g/mol. The van der Waals surface area contributed by atoms with Gasteiger partial charge in [0, 0.05) is 14.1 Å². The molecule has 0 unspecified atom stereocenters. The second-order valence-corrected chi connectivity index (χ2v) is 6.18. The third-order valence-electron chi connectivity index (χ3n) is 4.59. The molecule has 0 radical (unpaired) electrons. The van der Waals surface area contributed by atoms with Crippen molar-refractivity contribution >= 4 is 11.2 Å². The predicted octanol–water partition coefficient (Wildman–Crippen LogP) is -1.29. The fourth-order valence-electron chi connectivity index (χ4n) is 3.09. The number of aryl methyl sites for hydroxylation is 1. The van der Waals surface area contributed by atoms with Gasteiger partial charge < -0.3 is 4.90 Å². The first-order valence-electron chi connectivity index (χ1n) is 7.43. The smallest absolute Gasteiger partial charge is 0.318 e. The van der Waals surface area contributed by atoms with Gasteiger partial charge in [-0.05, 0) is 18.8 Å². The van der Waals surface area contributed by atoms with Crippen LogP contribution in [0.15, 0.2) is 15.9 Å². The number of hydrogen-bond donors (Lipinski definition) is 1. The highest BCUT2D eigenvalue weighted by Crippen LogP contribution is 2.08. The van der Waals surface area contributed by atoms with Crippen LogP contribution in [-0.2, 0) is 20.8 Å². The van der Waals surface area contributed by atoms with Crippen LogP contribution in [0.5, 0.6) is 0 Å². The van der Waals surface area contributed by atoms with Crippen molar-refractivity contribution in [3.8, 4) is 0 Å². The molecular formula is C14H22N5O2+. The Labute approximate surface area is 122 Å². The van der Waals surface area contributed by atoms with Gasteiger partial charge in [-0.3, -0.25) is 18.5 Å². The Morgan fingerprint density at radius 1 is 1.24 bits per heavy atom. The molecule has 1 aliphatic heterocycles. The highest BCUT2D eigenvalue weighted by Gasteiger charge is 2.21. The molecule has 2 aromatic heterocycles. The molecule has 0 atom stereocenters. The zero-order valence-electron chi connectivity index (χ0n) is 12.8. The molecule has 1 aliphatic rings. The summed E-state index contributed by atoms with van der Waals surface area (Å²) in [4.78, 5) is 30.0. The van der Waals surface area contributed by atoms with Crippen molar-refractivity contribution in [2.24, 2.45) is 20.0 Å². The van der Waals surface area contributed by atoms with Crippen LogP contribution >= 0.6 is 0 Å². The number of piperidine rings is 1. The summed E-state index contributed by atoms with van der Waals surface area (Å²) in [6.07, 6.45) is 4.12. The van der Waals surface area contributed by atoms with E-state index in [9.17, 15) is 9.59 Å². The second-order valence-electron chi connectivity index (χ2n) is 6.18. The average Bonchev–Trinajstić information content (AvgIpc) is 2.89. The molecule has 2 aromatic rings. The fraction of sp³-hybridized carbons (Fsp3) is 0.643. The Hall–Kier alpha value is -1.89. The van der Waals surface area contributed by atoms with E-state index < -0.39 is 0 Å². The summed E-state index contributed by atoms with van der Waals surface area (Å²) in [5.74, 6) is 0.793. The van der Waals surface area contributed by atoms with E-state index in [-0.39, 0.29) is 11.2 Å². The number of nitrogens with zero attached hydrogens (tertiary/aromatic N) is 4. The topological polar surface area (TPSA) is 66.3 Å². The molecule has 0 bridgehead atoms. The number of nitrogens with one attached hydrogen (secondary N) is 1. The van der Waals surface area contributed by atoms with Crippen LogP contribution in [0.25, 0.3) is 11.2 Å². The van der Waals surface area contributed by atoms with E-state index in [0.29, 0.717) is 11.2 Å². The lowest BCUT2D eigenvalue weighted by molar-refractivity contribution is -0.928. The third kappa shape index (κ3) is 2.31. The van der Waals surface area contributed by atoms with Crippen molar-refractivity contribution in [1.29, 1.82) is 0 Å². The quantitative estimate of drug-likeness (QED) is 0.749. The van der Waals surface area contributed by atoms with Crippen molar-refractivity contribution in [2.45, 2.75) is 26.4 Å². The number of aromatic nitrogens is 4. The lowest BCUT2D eigenvalue weighted by atomic mass is 10.00. The highest BCUT2D eigenvalue weighted by atomic mass is 16.2. The molecule has 1 fully saturated rings. The van der Waals surface area contributed by atoms with E-state index in [1.165, 1.54) is 29.4 Å². The molecule has 1 N–H and O–H groups in total. The minimum Gasteiger partial charge on any atom is -0.318 e. The summed E-state index contributed by atoms with van der Waals surface area (Å²) in [5, 5.41) is 0. The number of rotatable bonds is 2. The first kappa shape index (κ1) is 14.1. The Balaban J connectivity index is 2.01. The maximum absolute atomic E-state index is 12.4. The van der Waals surface area contributed by atoms with Crippen molar-refractivity contribution in [2.75, 3.05) is 13.1 Å². The number of likely N-dealkylation sites (tertiary alicyclic amines) is 1. The molecule has 7 nitrogen and oxygen atoms in total. The SMILES string of the molecule is CC1CC[NH+](Cn2cnc3c2c(=O)n(C)c(=O)n3C)CC1. The minimum atomic E-state index is -0.336. The fourth-order valence-corrected chi connectivity index (χ4v) is 3.09. The molecule has 0 aromatic carbocycles. The van der Waals surface area contributed by atoms with E-state index in [1.54, 1.807) is 13.4 Å². The van der Waals surface area contributed by atoms with Gasteiger partial charge in [0.05, 0.1) is 13.1 Å². The molecule has 3 heterocycles.